The highest BCUT2D eigenvalue weighted by Gasteiger charge is 2.23. The summed E-state index contributed by atoms with van der Waals surface area (Å²) in [7, 11) is 0. The van der Waals surface area contributed by atoms with E-state index in [0.717, 1.165) is 0 Å². The summed E-state index contributed by atoms with van der Waals surface area (Å²) < 4.78 is 50.1. The molecule has 0 fully saturated rings. The smallest absolute Gasteiger partial charge is 0.264 e. The Kier molecular flexibility index (Phi) is 6.46. The number of carbonyl (C=O) groups excluding carboxylic acids is 1. The van der Waals surface area contributed by atoms with Crippen LogP contribution in [0.15, 0.2) is 53.1 Å². The summed E-state index contributed by atoms with van der Waals surface area (Å²) in [5, 5.41) is 11.7. The van der Waals surface area contributed by atoms with Crippen LogP contribution in [0.2, 0.25) is 5.02 Å². The summed E-state index contributed by atoms with van der Waals surface area (Å²) in [6.07, 6.45) is -1.36. The summed E-state index contributed by atoms with van der Waals surface area (Å²) in [6.45, 7) is 3.11. The number of nitrogens with one attached hydrogen (secondary N) is 1. The number of alkyl halides is 2. The monoisotopic (exact) mass is 528 g/mol. The molecule has 5 rings (SSSR count). The lowest BCUT2D eigenvalue weighted by molar-refractivity contribution is -0.116. The van der Waals surface area contributed by atoms with Gasteiger partial charge >= 0.3 is 0 Å². The number of fused-ring (bicyclic) bond motifs is 1. The molecule has 37 heavy (non-hydrogen) atoms. The van der Waals surface area contributed by atoms with E-state index in [1.807, 2.05) is 0 Å². The third-order valence-electron chi connectivity index (χ3n) is 5.83. The molecule has 0 spiro atoms. The lowest BCUT2D eigenvalue weighted by Crippen LogP contribution is -2.20. The van der Waals surface area contributed by atoms with Crippen LogP contribution in [-0.4, -0.2) is 30.5 Å². The normalized spacial score (nSPS) is 11.5. The summed E-state index contributed by atoms with van der Waals surface area (Å²) in [4.78, 5) is 17.3. The van der Waals surface area contributed by atoms with Gasteiger partial charge in [0, 0.05) is 27.9 Å². The van der Waals surface area contributed by atoms with Gasteiger partial charge in [-0.05, 0) is 44.2 Å². The largest absolute Gasteiger partial charge is 0.463 e. The lowest BCUT2D eigenvalue weighted by Gasteiger charge is -2.08. The second-order valence-electron chi connectivity index (χ2n) is 8.39. The van der Waals surface area contributed by atoms with Crippen molar-refractivity contribution in [2.24, 2.45) is 0 Å². The molecule has 1 amide bonds. The summed E-state index contributed by atoms with van der Waals surface area (Å²) in [5.41, 5.74) is 1.35. The van der Waals surface area contributed by atoms with Crippen LogP contribution in [0, 0.1) is 19.7 Å². The number of aromatic nitrogens is 5. The molecule has 0 radical (unpaired) electrons. The first-order valence-electron chi connectivity index (χ1n) is 11.2. The second kappa shape index (κ2) is 9.74. The van der Waals surface area contributed by atoms with Crippen molar-refractivity contribution in [3.8, 4) is 11.5 Å². The fourth-order valence-corrected chi connectivity index (χ4v) is 4.33. The predicted octanol–water partition coefficient (Wildman–Crippen LogP) is 5.92. The van der Waals surface area contributed by atoms with Gasteiger partial charge in [-0.3, -0.25) is 9.48 Å². The van der Waals surface area contributed by atoms with Crippen LogP contribution in [0.5, 0.6) is 0 Å². The van der Waals surface area contributed by atoms with E-state index in [1.54, 1.807) is 38.1 Å². The summed E-state index contributed by atoms with van der Waals surface area (Å²) >= 11 is 6.12. The Morgan fingerprint density at radius 2 is 1.95 bits per heavy atom. The van der Waals surface area contributed by atoms with Gasteiger partial charge in [0.1, 0.15) is 18.1 Å². The van der Waals surface area contributed by atoms with Gasteiger partial charge in [0.25, 0.3) is 6.43 Å². The lowest BCUT2D eigenvalue weighted by atomic mass is 10.1. The van der Waals surface area contributed by atoms with Crippen LogP contribution in [-0.2, 0) is 17.9 Å². The number of benzene rings is 1. The van der Waals surface area contributed by atoms with Crippen LogP contribution in [0.4, 0.5) is 19.0 Å². The molecule has 1 aromatic carbocycles. The number of pyridine rings is 1. The van der Waals surface area contributed by atoms with Crippen LogP contribution < -0.4 is 5.32 Å². The van der Waals surface area contributed by atoms with E-state index < -0.39 is 18.1 Å². The molecule has 4 heterocycles. The fraction of sp³-hybridized carbons (Fsp3) is 0.200. The molecule has 4 aromatic heterocycles. The number of rotatable bonds is 7. The van der Waals surface area contributed by atoms with E-state index in [2.05, 4.69) is 20.5 Å². The molecule has 12 heteroatoms. The Balaban J connectivity index is 1.41. The Bertz CT molecular complexity index is 1590. The SMILES string of the molecule is Cc1nn(CC(=O)Nc2cc(C)n(Cc3c(F)cccc3Cl)n2)c2nc(-c3ccco3)cc(C(F)F)c12. The Hall–Kier alpha value is -4.12. The first kappa shape index (κ1) is 24.6. The topological polar surface area (TPSA) is 90.8 Å². The number of halogens is 4. The van der Waals surface area contributed by atoms with E-state index in [1.165, 1.54) is 33.8 Å². The molecule has 0 atom stereocenters. The number of carbonyl (C=O) groups is 1. The van der Waals surface area contributed by atoms with Crippen molar-refractivity contribution >= 4 is 34.4 Å². The van der Waals surface area contributed by atoms with Crippen molar-refractivity contribution in [3.63, 3.8) is 0 Å². The van der Waals surface area contributed by atoms with Crippen molar-refractivity contribution in [2.45, 2.75) is 33.4 Å². The van der Waals surface area contributed by atoms with Gasteiger partial charge in [-0.15, -0.1) is 0 Å². The van der Waals surface area contributed by atoms with Crippen LogP contribution >= 0.6 is 11.6 Å². The Morgan fingerprint density at radius 1 is 1.14 bits per heavy atom. The molecule has 0 saturated carbocycles. The minimum Gasteiger partial charge on any atom is -0.463 e. The number of amides is 1. The summed E-state index contributed by atoms with van der Waals surface area (Å²) in [6, 6.07) is 10.5. The highest BCUT2D eigenvalue weighted by molar-refractivity contribution is 6.31. The van der Waals surface area contributed by atoms with Crippen molar-refractivity contribution in [1.29, 1.82) is 0 Å². The number of hydrogen-bond donors (Lipinski definition) is 1. The quantitative estimate of drug-likeness (QED) is 0.283. The Labute approximate surface area is 213 Å². The standard InChI is InChI=1S/C25H20ClF3N6O2/c1-13-9-21(33-34(13)11-16-17(26)5-3-6-18(16)27)31-22(36)12-35-25-23(14(2)32-35)15(24(28)29)10-19(30-25)20-7-4-8-37-20/h3-10,24H,11-12H2,1-2H3,(H,31,33,36). The van der Waals surface area contributed by atoms with Gasteiger partial charge in [-0.25, -0.2) is 22.8 Å². The maximum absolute atomic E-state index is 14.2. The first-order valence-corrected chi connectivity index (χ1v) is 11.6. The van der Waals surface area contributed by atoms with E-state index in [4.69, 9.17) is 16.0 Å². The molecule has 8 nitrogen and oxygen atoms in total. The molecular weight excluding hydrogens is 509 g/mol. The number of furan rings is 1. The van der Waals surface area contributed by atoms with Gasteiger partial charge in [0.2, 0.25) is 5.91 Å². The molecular formula is C25H20ClF3N6O2. The van der Waals surface area contributed by atoms with Gasteiger partial charge in [-0.1, -0.05) is 17.7 Å². The van der Waals surface area contributed by atoms with Crippen molar-refractivity contribution in [1.82, 2.24) is 24.5 Å². The van der Waals surface area contributed by atoms with Crippen LogP contribution in [0.25, 0.3) is 22.5 Å². The minimum absolute atomic E-state index is 0.0755. The molecule has 190 valence electrons. The highest BCUT2D eigenvalue weighted by Crippen LogP contribution is 2.33. The van der Waals surface area contributed by atoms with Crippen LogP contribution in [0.1, 0.15) is 28.9 Å². The molecule has 0 aliphatic carbocycles. The number of anilines is 1. The zero-order chi connectivity index (χ0) is 26.3. The van der Waals surface area contributed by atoms with Gasteiger partial charge < -0.3 is 9.73 Å². The number of aryl methyl sites for hydroxylation is 2. The second-order valence-corrected chi connectivity index (χ2v) is 8.80. The van der Waals surface area contributed by atoms with Gasteiger partial charge in [-0.2, -0.15) is 10.2 Å². The Morgan fingerprint density at radius 3 is 2.65 bits per heavy atom. The van der Waals surface area contributed by atoms with E-state index in [-0.39, 0.29) is 51.8 Å². The van der Waals surface area contributed by atoms with Crippen LogP contribution in [0.3, 0.4) is 0 Å². The van der Waals surface area contributed by atoms with Gasteiger partial charge in [0.05, 0.1) is 23.9 Å². The van der Waals surface area contributed by atoms with E-state index in [9.17, 15) is 18.0 Å². The predicted molar refractivity (Wildman–Crippen MR) is 131 cm³/mol. The maximum atomic E-state index is 14.2. The zero-order valence-corrected chi connectivity index (χ0v) is 20.4. The minimum atomic E-state index is -2.78. The molecule has 5 aromatic rings. The maximum Gasteiger partial charge on any atom is 0.264 e. The molecule has 0 aliphatic heterocycles. The molecule has 0 unspecified atom stereocenters. The average Bonchev–Trinajstić information content (AvgIpc) is 3.56. The number of hydrogen-bond acceptors (Lipinski definition) is 5. The van der Waals surface area contributed by atoms with Crippen molar-refractivity contribution in [3.05, 3.63) is 82.1 Å². The molecule has 0 aliphatic rings. The average molecular weight is 529 g/mol. The molecule has 1 N–H and O–H groups in total. The van der Waals surface area contributed by atoms with Gasteiger partial charge in [0.15, 0.2) is 17.2 Å². The first-order chi connectivity index (χ1) is 17.7. The third-order valence-corrected chi connectivity index (χ3v) is 6.18. The highest BCUT2D eigenvalue weighted by atomic mass is 35.5. The van der Waals surface area contributed by atoms with Crippen molar-refractivity contribution in [2.75, 3.05) is 5.32 Å². The summed E-state index contributed by atoms with van der Waals surface area (Å²) in [5.74, 6) is -0.407. The van der Waals surface area contributed by atoms with Crippen molar-refractivity contribution < 1.29 is 22.4 Å². The number of nitrogens with zero attached hydrogens (tertiary/aromatic N) is 5. The molecule has 0 bridgehead atoms. The molecule has 0 saturated heterocycles. The third kappa shape index (κ3) is 4.82. The fourth-order valence-electron chi connectivity index (χ4n) is 4.10. The van der Waals surface area contributed by atoms with E-state index >= 15 is 0 Å². The zero-order valence-electron chi connectivity index (χ0n) is 19.7. The van der Waals surface area contributed by atoms with E-state index in [0.29, 0.717) is 17.1 Å².